The van der Waals surface area contributed by atoms with Crippen LogP contribution in [0.5, 0.6) is 0 Å². The van der Waals surface area contributed by atoms with Gasteiger partial charge in [-0.15, -0.1) is 0 Å². The highest BCUT2D eigenvalue weighted by Gasteiger charge is 2.73. The number of hydrogen-bond acceptors (Lipinski definition) is 6. The largest absolute Gasteiger partial charge is 0.347 e. The van der Waals surface area contributed by atoms with E-state index in [1.807, 2.05) is 34.6 Å². The van der Waals surface area contributed by atoms with Gasteiger partial charge in [0.15, 0.2) is 0 Å². The van der Waals surface area contributed by atoms with Crippen LogP contribution < -0.4 is 16.0 Å². The van der Waals surface area contributed by atoms with Crippen molar-refractivity contribution in [2.24, 2.45) is 23.2 Å². The van der Waals surface area contributed by atoms with Crippen LogP contribution in [0.4, 0.5) is 0 Å². The van der Waals surface area contributed by atoms with E-state index < -0.39 is 51.4 Å². The summed E-state index contributed by atoms with van der Waals surface area (Å²) in [5.74, 6) is -4.10. The number of likely N-dealkylation sites (tertiary alicyclic amines) is 1. The van der Waals surface area contributed by atoms with E-state index in [1.165, 1.54) is 4.90 Å². The van der Waals surface area contributed by atoms with Gasteiger partial charge in [0.05, 0.1) is 15.8 Å². The number of nitrogens with zero attached hydrogens (tertiary/aromatic N) is 2. The van der Waals surface area contributed by atoms with E-state index in [9.17, 15) is 28.8 Å². The number of nitrogens with one attached hydrogen (secondary N) is 3. The number of alkyl halides is 2. The van der Waals surface area contributed by atoms with Crippen LogP contribution >= 0.6 is 31.9 Å². The van der Waals surface area contributed by atoms with Crippen LogP contribution in [-0.4, -0.2) is 87.6 Å². The second-order valence-electron chi connectivity index (χ2n) is 12.9. The molecule has 5 amide bonds. The number of carbonyl (C=O) groups is 6. The Hall–Kier alpha value is -2.80. The summed E-state index contributed by atoms with van der Waals surface area (Å²) in [5.41, 5.74) is 0.259. The smallest absolute Gasteiger partial charge is 0.290 e. The topological polar surface area (TPSA) is 145 Å². The molecule has 1 saturated carbocycles. The van der Waals surface area contributed by atoms with E-state index in [0.29, 0.717) is 18.5 Å². The lowest BCUT2D eigenvalue weighted by Gasteiger charge is -2.35. The van der Waals surface area contributed by atoms with Crippen molar-refractivity contribution in [3.63, 3.8) is 0 Å². The second-order valence-corrected chi connectivity index (χ2v) is 16.6. The molecule has 2 fully saturated rings. The number of fused-ring (bicyclic) bond motifs is 1. The van der Waals surface area contributed by atoms with E-state index >= 15 is 0 Å². The fourth-order valence-electron chi connectivity index (χ4n) is 5.38. The van der Waals surface area contributed by atoms with Gasteiger partial charge in [-0.05, 0) is 17.4 Å². The Bertz CT molecular complexity index is 1280. The van der Waals surface area contributed by atoms with Crippen molar-refractivity contribution in [3.05, 3.63) is 35.9 Å². The molecule has 3 N–H and O–H groups in total. The van der Waals surface area contributed by atoms with E-state index in [0.717, 1.165) is 0 Å². The van der Waals surface area contributed by atoms with Gasteiger partial charge in [-0.2, -0.15) is 0 Å². The minimum Gasteiger partial charge on any atom is -0.347 e. The first-order chi connectivity index (χ1) is 20.4. The Morgan fingerprint density at radius 3 is 2.20 bits per heavy atom. The highest BCUT2D eigenvalue weighted by Crippen LogP contribution is 2.67. The summed E-state index contributed by atoms with van der Waals surface area (Å²) in [5, 5.41) is 7.66. The average Bonchev–Trinajstić information content (AvgIpc) is 3.28. The Morgan fingerprint density at radius 2 is 1.66 bits per heavy atom. The minimum absolute atomic E-state index is 0.0237. The molecule has 0 bridgehead atoms. The molecule has 1 saturated heterocycles. The van der Waals surface area contributed by atoms with Crippen LogP contribution in [0.3, 0.4) is 0 Å². The third-order valence-corrected chi connectivity index (χ3v) is 10.8. The normalized spacial score (nSPS) is 22.1. The molecule has 0 spiro atoms. The third-order valence-electron chi connectivity index (χ3n) is 8.52. The fraction of sp³-hybridized carbons (Fsp3) is 0.613. The summed E-state index contributed by atoms with van der Waals surface area (Å²) in [4.78, 5) is 81.6. The van der Waals surface area contributed by atoms with Crippen molar-refractivity contribution in [3.8, 4) is 0 Å². The molecule has 1 aliphatic carbocycles. The molecule has 1 unspecified atom stereocenters. The number of ketones is 1. The highest BCUT2D eigenvalue weighted by atomic mass is 79.9. The molecule has 1 aromatic rings. The zero-order valence-electron chi connectivity index (χ0n) is 26.3. The SMILES string of the molecule is CCCC(NC(=O)[C@@H]1[C@@H]2[C@H](CN1C(=O)[C@@H](C)C(C)(C)C)C2(Br)Br)C(=O)C(=O)NCC(=O)N[C@H](C(=O)N(C)C)c1ccccc1. The maximum atomic E-state index is 13.7. The Balaban J connectivity index is 1.67. The monoisotopic (exact) mass is 739 g/mol. The van der Waals surface area contributed by atoms with Crippen LogP contribution in [0.25, 0.3) is 0 Å². The zero-order chi connectivity index (χ0) is 33.1. The van der Waals surface area contributed by atoms with Gasteiger partial charge in [0.1, 0.15) is 12.1 Å². The molecular formula is C31H43Br2N5O6. The quantitative estimate of drug-likeness (QED) is 0.222. The number of rotatable bonds is 12. The predicted octanol–water partition coefficient (Wildman–Crippen LogP) is 2.53. The lowest BCUT2D eigenvalue weighted by molar-refractivity contribution is -0.146. The Kier molecular flexibility index (Phi) is 11.4. The van der Waals surface area contributed by atoms with E-state index in [2.05, 4.69) is 47.8 Å². The molecule has 13 heteroatoms. The zero-order valence-corrected chi connectivity index (χ0v) is 29.5. The van der Waals surface area contributed by atoms with Crippen molar-refractivity contribution in [1.82, 2.24) is 25.8 Å². The number of likely N-dealkylation sites (N-methyl/N-ethyl adjacent to an activating group) is 1. The van der Waals surface area contributed by atoms with Gasteiger partial charge < -0.3 is 25.8 Å². The van der Waals surface area contributed by atoms with Crippen molar-refractivity contribution in [2.75, 3.05) is 27.2 Å². The van der Waals surface area contributed by atoms with Crippen molar-refractivity contribution in [1.29, 1.82) is 0 Å². The van der Waals surface area contributed by atoms with E-state index in [4.69, 9.17) is 0 Å². The fourth-order valence-corrected chi connectivity index (χ4v) is 7.11. The van der Waals surface area contributed by atoms with Gasteiger partial charge in [-0.3, -0.25) is 28.8 Å². The average molecular weight is 742 g/mol. The van der Waals surface area contributed by atoms with Crippen LogP contribution in [0.1, 0.15) is 59.1 Å². The van der Waals surface area contributed by atoms with Crippen LogP contribution in [0.2, 0.25) is 0 Å². The van der Waals surface area contributed by atoms with Gasteiger partial charge in [0.25, 0.3) is 5.91 Å². The molecule has 1 aliphatic heterocycles. The molecule has 3 rings (SSSR count). The molecule has 0 aromatic heterocycles. The lowest BCUT2D eigenvalue weighted by Crippen LogP contribution is -2.56. The number of piperidine rings is 1. The van der Waals surface area contributed by atoms with Gasteiger partial charge in [-0.1, -0.05) is 103 Å². The lowest BCUT2D eigenvalue weighted by atomic mass is 9.81. The summed E-state index contributed by atoms with van der Waals surface area (Å²) in [7, 11) is 3.13. The highest BCUT2D eigenvalue weighted by molar-refractivity contribution is 9.25. The molecule has 11 nitrogen and oxygen atoms in total. The Labute approximate surface area is 275 Å². The molecule has 1 heterocycles. The summed E-state index contributed by atoms with van der Waals surface area (Å²) >= 11 is 7.26. The first-order valence-corrected chi connectivity index (χ1v) is 16.4. The summed E-state index contributed by atoms with van der Waals surface area (Å²) < 4.78 is -0.482. The molecular weight excluding hydrogens is 698 g/mol. The minimum atomic E-state index is -1.14. The maximum Gasteiger partial charge on any atom is 0.290 e. The number of Topliss-reactive ketones (excluding diaryl/α,β-unsaturated/α-hetero) is 1. The van der Waals surface area contributed by atoms with Crippen LogP contribution in [-0.2, 0) is 28.8 Å². The number of amides is 5. The maximum absolute atomic E-state index is 13.7. The molecule has 44 heavy (non-hydrogen) atoms. The second kappa shape index (κ2) is 14.1. The van der Waals surface area contributed by atoms with Crippen molar-refractivity contribution >= 4 is 67.2 Å². The number of benzene rings is 1. The number of carbonyl (C=O) groups excluding carboxylic acids is 6. The van der Waals surface area contributed by atoms with Gasteiger partial charge in [0, 0.05) is 38.4 Å². The van der Waals surface area contributed by atoms with Gasteiger partial charge in [0.2, 0.25) is 29.4 Å². The number of halogens is 2. The molecule has 242 valence electrons. The third kappa shape index (κ3) is 7.88. The van der Waals surface area contributed by atoms with Crippen molar-refractivity contribution in [2.45, 2.75) is 68.8 Å². The number of hydrogen-bond donors (Lipinski definition) is 3. The van der Waals surface area contributed by atoms with E-state index in [1.54, 1.807) is 49.3 Å². The van der Waals surface area contributed by atoms with Crippen molar-refractivity contribution < 1.29 is 28.8 Å². The first-order valence-electron chi connectivity index (χ1n) is 14.8. The Morgan fingerprint density at radius 1 is 1.05 bits per heavy atom. The first kappa shape index (κ1) is 35.7. The molecule has 6 atom stereocenters. The van der Waals surface area contributed by atoms with Gasteiger partial charge >= 0.3 is 0 Å². The standard InChI is InChI=1S/C31H43Br2N5O6/c1-8-12-20(35-26(41)24-22-19(31(22,32)33)16-38(24)28(43)17(2)30(3,4)5)25(40)27(42)34-15-21(39)36-23(29(44)37(6)7)18-13-10-9-11-14-18/h9-11,13-14,17,19-20,22-24H,8,12,15-16H2,1-7H3,(H,34,42)(H,35,41)(H,36,39)/t17-,19+,20?,22+,23+,24+/m1/s1. The summed E-state index contributed by atoms with van der Waals surface area (Å²) in [6, 6.07) is 5.74. The molecule has 2 aliphatic rings. The van der Waals surface area contributed by atoms with Crippen LogP contribution in [0.15, 0.2) is 30.3 Å². The van der Waals surface area contributed by atoms with Crippen LogP contribution in [0, 0.1) is 23.2 Å². The summed E-state index contributed by atoms with van der Waals surface area (Å²) in [6.45, 7) is 9.42. The van der Waals surface area contributed by atoms with E-state index in [-0.39, 0.29) is 41.4 Å². The molecule has 1 aromatic carbocycles. The summed E-state index contributed by atoms with van der Waals surface area (Å²) in [6.07, 6.45) is 0.690. The predicted molar refractivity (Wildman–Crippen MR) is 173 cm³/mol. The van der Waals surface area contributed by atoms with Gasteiger partial charge in [-0.25, -0.2) is 0 Å². The molecule has 0 radical (unpaired) electrons.